The van der Waals surface area contributed by atoms with Crippen molar-refractivity contribution in [2.24, 2.45) is 0 Å². The number of alkyl carbamates (subject to hydrolysis) is 1. The fourth-order valence-corrected chi connectivity index (χ4v) is 2.21. The standard InChI is InChI=1S/C13H11NO.C6H13NO2/c1-2-5-12-10(4-1)7-8-11-13(15-12)6-3-9-14-11;1-6(2,3)9-5(8)7-4/h1-6,9H,7-8H2;1-4H3,(H,7,8). The summed E-state index contributed by atoms with van der Waals surface area (Å²) in [6, 6.07) is 12.1. The quantitative estimate of drug-likeness (QED) is 0.790. The van der Waals surface area contributed by atoms with E-state index in [1.807, 2.05) is 57.3 Å². The maximum absolute atomic E-state index is 10.5. The van der Waals surface area contributed by atoms with Crippen molar-refractivity contribution in [3.63, 3.8) is 0 Å². The number of para-hydroxylation sites is 1. The first-order chi connectivity index (χ1) is 11.4. The Morgan fingerprint density at radius 3 is 2.50 bits per heavy atom. The second-order valence-electron chi connectivity index (χ2n) is 6.41. The van der Waals surface area contributed by atoms with E-state index >= 15 is 0 Å². The van der Waals surface area contributed by atoms with Gasteiger partial charge >= 0.3 is 6.09 Å². The van der Waals surface area contributed by atoms with Crippen LogP contribution >= 0.6 is 0 Å². The fraction of sp³-hybridized carbons (Fsp3) is 0.368. The van der Waals surface area contributed by atoms with Gasteiger partial charge in [-0.15, -0.1) is 0 Å². The van der Waals surface area contributed by atoms with Gasteiger partial charge in [0.1, 0.15) is 17.1 Å². The number of aromatic nitrogens is 1. The first kappa shape index (κ1) is 17.8. The molecule has 1 aromatic heterocycles. The first-order valence-corrected chi connectivity index (χ1v) is 7.99. The molecule has 2 aromatic rings. The Bertz CT molecular complexity index is 648. The lowest BCUT2D eigenvalue weighted by atomic mass is 10.1. The van der Waals surface area contributed by atoms with Crippen molar-refractivity contribution in [3.8, 4) is 11.5 Å². The normalized spacial score (nSPS) is 12.3. The van der Waals surface area contributed by atoms with Crippen LogP contribution < -0.4 is 10.1 Å². The molecule has 1 aromatic carbocycles. The van der Waals surface area contributed by atoms with E-state index in [4.69, 9.17) is 9.47 Å². The van der Waals surface area contributed by atoms with E-state index < -0.39 is 0 Å². The van der Waals surface area contributed by atoms with Crippen LogP contribution in [0.25, 0.3) is 0 Å². The number of benzene rings is 1. The number of hydrogen-bond acceptors (Lipinski definition) is 4. The molecule has 2 heterocycles. The zero-order valence-corrected chi connectivity index (χ0v) is 14.6. The monoisotopic (exact) mass is 328 g/mol. The summed E-state index contributed by atoms with van der Waals surface area (Å²) in [6.07, 6.45) is 3.38. The number of nitrogens with one attached hydrogen (secondary N) is 1. The Kier molecular flexibility index (Phi) is 5.79. The molecule has 3 rings (SSSR count). The molecule has 0 spiro atoms. The molecule has 5 nitrogen and oxygen atoms in total. The molecule has 0 fully saturated rings. The highest BCUT2D eigenvalue weighted by molar-refractivity contribution is 5.67. The van der Waals surface area contributed by atoms with Gasteiger partial charge in [0.2, 0.25) is 0 Å². The van der Waals surface area contributed by atoms with Crippen LogP contribution in [0.3, 0.4) is 0 Å². The lowest BCUT2D eigenvalue weighted by Crippen LogP contribution is -2.30. The van der Waals surface area contributed by atoms with Gasteiger partial charge in [0, 0.05) is 13.2 Å². The van der Waals surface area contributed by atoms with Crippen molar-refractivity contribution in [2.75, 3.05) is 7.05 Å². The molecular weight excluding hydrogens is 304 g/mol. The SMILES string of the molecule is CNC(=O)OC(C)(C)C.c1ccc2c(c1)CCc1ncccc1O2. The average molecular weight is 328 g/mol. The molecule has 0 bridgehead atoms. The number of rotatable bonds is 0. The highest BCUT2D eigenvalue weighted by atomic mass is 16.6. The van der Waals surface area contributed by atoms with Crippen LogP contribution in [0.2, 0.25) is 0 Å². The number of hydrogen-bond donors (Lipinski definition) is 1. The van der Waals surface area contributed by atoms with E-state index in [2.05, 4.69) is 16.4 Å². The number of amides is 1. The third kappa shape index (κ3) is 5.26. The van der Waals surface area contributed by atoms with Crippen molar-refractivity contribution >= 4 is 6.09 Å². The summed E-state index contributed by atoms with van der Waals surface area (Å²) < 4.78 is 10.7. The van der Waals surface area contributed by atoms with Crippen molar-refractivity contribution in [1.82, 2.24) is 10.3 Å². The van der Waals surface area contributed by atoms with Gasteiger partial charge in [-0.05, 0) is 57.4 Å². The lowest BCUT2D eigenvalue weighted by molar-refractivity contribution is 0.0541. The topological polar surface area (TPSA) is 60.5 Å². The van der Waals surface area contributed by atoms with Gasteiger partial charge in [0.25, 0.3) is 0 Å². The van der Waals surface area contributed by atoms with Gasteiger partial charge in [0.15, 0.2) is 0 Å². The van der Waals surface area contributed by atoms with Crippen molar-refractivity contribution in [3.05, 3.63) is 53.9 Å². The van der Waals surface area contributed by atoms with Gasteiger partial charge < -0.3 is 14.8 Å². The number of nitrogens with zero attached hydrogens (tertiary/aromatic N) is 1. The summed E-state index contributed by atoms with van der Waals surface area (Å²) in [5.41, 5.74) is 1.92. The van der Waals surface area contributed by atoms with Crippen LogP contribution in [0, 0.1) is 0 Å². The molecule has 0 atom stereocenters. The van der Waals surface area contributed by atoms with Crippen LogP contribution in [0.5, 0.6) is 11.5 Å². The van der Waals surface area contributed by atoms with Crippen LogP contribution in [0.15, 0.2) is 42.6 Å². The van der Waals surface area contributed by atoms with Gasteiger partial charge in [0.05, 0.1) is 5.69 Å². The molecule has 0 saturated heterocycles. The zero-order valence-electron chi connectivity index (χ0n) is 14.6. The number of carbonyl (C=O) groups is 1. The summed E-state index contributed by atoms with van der Waals surface area (Å²) >= 11 is 0. The predicted molar refractivity (Wildman–Crippen MR) is 93.5 cm³/mol. The van der Waals surface area contributed by atoms with Crippen LogP contribution in [0.4, 0.5) is 4.79 Å². The molecular formula is C19H24N2O3. The van der Waals surface area contributed by atoms with Crippen molar-refractivity contribution in [1.29, 1.82) is 0 Å². The Labute approximate surface area is 143 Å². The highest BCUT2D eigenvalue weighted by Crippen LogP contribution is 2.31. The second kappa shape index (κ2) is 7.81. The van der Waals surface area contributed by atoms with Gasteiger partial charge in [-0.1, -0.05) is 18.2 Å². The van der Waals surface area contributed by atoms with E-state index in [1.54, 1.807) is 0 Å². The number of fused-ring (bicyclic) bond motifs is 2. The predicted octanol–water partition coefficient (Wildman–Crippen LogP) is 4.11. The van der Waals surface area contributed by atoms with E-state index in [9.17, 15) is 4.79 Å². The third-order valence-electron chi connectivity index (χ3n) is 3.28. The molecule has 1 N–H and O–H groups in total. The molecule has 0 aliphatic carbocycles. The lowest BCUT2D eigenvalue weighted by Gasteiger charge is -2.18. The molecule has 128 valence electrons. The molecule has 1 amide bonds. The smallest absolute Gasteiger partial charge is 0.407 e. The van der Waals surface area contributed by atoms with E-state index in [0.29, 0.717) is 0 Å². The number of ether oxygens (including phenoxy) is 2. The minimum atomic E-state index is -0.389. The average Bonchev–Trinajstić information content (AvgIpc) is 2.73. The molecule has 0 unspecified atom stereocenters. The summed E-state index contributed by atoms with van der Waals surface area (Å²) in [7, 11) is 1.54. The van der Waals surface area contributed by atoms with E-state index in [0.717, 1.165) is 30.0 Å². The third-order valence-corrected chi connectivity index (χ3v) is 3.28. The van der Waals surface area contributed by atoms with E-state index in [1.165, 1.54) is 12.6 Å². The Morgan fingerprint density at radius 1 is 1.12 bits per heavy atom. The summed E-state index contributed by atoms with van der Waals surface area (Å²) in [5.74, 6) is 1.85. The van der Waals surface area contributed by atoms with Gasteiger partial charge in [-0.25, -0.2) is 4.79 Å². The first-order valence-electron chi connectivity index (χ1n) is 7.99. The number of pyridine rings is 1. The Hall–Kier alpha value is -2.56. The summed E-state index contributed by atoms with van der Waals surface area (Å²) in [5, 5.41) is 2.36. The Morgan fingerprint density at radius 2 is 1.83 bits per heavy atom. The van der Waals surface area contributed by atoms with Crippen LogP contribution in [0.1, 0.15) is 32.0 Å². The molecule has 1 aliphatic rings. The fourth-order valence-electron chi connectivity index (χ4n) is 2.21. The summed E-state index contributed by atoms with van der Waals surface area (Å²) in [6.45, 7) is 5.46. The van der Waals surface area contributed by atoms with E-state index in [-0.39, 0.29) is 11.7 Å². The molecule has 0 radical (unpaired) electrons. The van der Waals surface area contributed by atoms with Crippen LogP contribution in [-0.2, 0) is 17.6 Å². The number of carbonyl (C=O) groups excluding carboxylic acids is 1. The zero-order chi connectivity index (χ0) is 17.6. The minimum absolute atomic E-state index is 0.387. The molecule has 5 heteroatoms. The molecule has 1 aliphatic heterocycles. The largest absolute Gasteiger partial charge is 0.455 e. The summed E-state index contributed by atoms with van der Waals surface area (Å²) in [4.78, 5) is 14.8. The van der Waals surface area contributed by atoms with Gasteiger partial charge in [-0.2, -0.15) is 0 Å². The second-order valence-corrected chi connectivity index (χ2v) is 6.41. The van der Waals surface area contributed by atoms with Gasteiger partial charge in [-0.3, -0.25) is 4.98 Å². The van der Waals surface area contributed by atoms with Crippen LogP contribution in [-0.4, -0.2) is 23.7 Å². The molecule has 24 heavy (non-hydrogen) atoms. The van der Waals surface area contributed by atoms with Crippen molar-refractivity contribution < 1.29 is 14.3 Å². The maximum atomic E-state index is 10.5. The minimum Gasteiger partial charge on any atom is -0.455 e. The maximum Gasteiger partial charge on any atom is 0.407 e. The van der Waals surface area contributed by atoms with Crippen molar-refractivity contribution in [2.45, 2.75) is 39.2 Å². The highest BCUT2D eigenvalue weighted by Gasteiger charge is 2.14. The number of aryl methyl sites for hydroxylation is 2. The molecule has 0 saturated carbocycles. The Balaban J connectivity index is 0.000000202.